The van der Waals surface area contributed by atoms with Crippen molar-refractivity contribution >= 4 is 82.3 Å². The average molecular weight is 544 g/mol. The molecule has 0 aliphatic heterocycles. The molecule has 1 amide bonds. The number of carbonyl (C=O) groups is 1. The van der Waals surface area contributed by atoms with E-state index < -0.39 is 0 Å². The second-order valence-corrected chi connectivity index (χ2v) is 8.68. The quantitative estimate of drug-likeness (QED) is 0.292. The van der Waals surface area contributed by atoms with Crippen LogP contribution in [-0.4, -0.2) is 17.6 Å². The molecule has 2 N–H and O–H groups in total. The zero-order valence-electron chi connectivity index (χ0n) is 15.6. The highest BCUT2D eigenvalue weighted by molar-refractivity contribution is 9.11. The summed E-state index contributed by atoms with van der Waals surface area (Å²) < 4.78 is 7.50. The van der Waals surface area contributed by atoms with Crippen LogP contribution in [0.3, 0.4) is 0 Å². The number of hydrogen-bond acceptors (Lipinski definition) is 3. The summed E-state index contributed by atoms with van der Waals surface area (Å²) in [4.78, 5) is 12.3. The van der Waals surface area contributed by atoms with E-state index in [9.17, 15) is 4.79 Å². The van der Waals surface area contributed by atoms with Crippen LogP contribution in [0.5, 0.6) is 5.75 Å². The summed E-state index contributed by atoms with van der Waals surface area (Å²) in [6.45, 7) is -0.155. The number of rotatable bonds is 4. The summed E-state index contributed by atoms with van der Waals surface area (Å²) in [6.07, 6.45) is 0. The Bertz CT molecular complexity index is 1270. The van der Waals surface area contributed by atoms with Gasteiger partial charge < -0.3 is 10.1 Å². The summed E-state index contributed by atoms with van der Waals surface area (Å²) in [5.74, 6) is 0.253. The maximum atomic E-state index is 12.3. The maximum absolute atomic E-state index is 12.3. The molecule has 150 valence electrons. The van der Waals surface area contributed by atoms with Crippen LogP contribution in [0.2, 0.25) is 0 Å². The summed E-state index contributed by atoms with van der Waals surface area (Å²) in [7, 11) is 0. The van der Waals surface area contributed by atoms with Gasteiger partial charge in [-0.3, -0.25) is 10.1 Å². The van der Waals surface area contributed by atoms with Crippen molar-refractivity contribution < 1.29 is 9.53 Å². The molecule has 4 aromatic carbocycles. The molecule has 4 rings (SSSR count). The Labute approximate surface area is 195 Å². The summed E-state index contributed by atoms with van der Waals surface area (Å²) in [5.41, 5.74) is 0.836. The summed E-state index contributed by atoms with van der Waals surface area (Å²) in [6, 6.07) is 23.6. The molecule has 0 atom stereocenters. The predicted octanol–water partition coefficient (Wildman–Crippen LogP) is 6.41. The number of fused-ring (bicyclic) bond motifs is 2. The molecule has 0 radical (unpaired) electrons. The van der Waals surface area contributed by atoms with Crippen LogP contribution in [0.15, 0.2) is 81.7 Å². The molecule has 0 fully saturated rings. The predicted molar refractivity (Wildman–Crippen MR) is 133 cm³/mol. The second-order valence-electron chi connectivity index (χ2n) is 6.56. The topological polar surface area (TPSA) is 50.4 Å². The van der Waals surface area contributed by atoms with Gasteiger partial charge in [0, 0.05) is 15.5 Å². The molecule has 0 unspecified atom stereocenters. The van der Waals surface area contributed by atoms with Crippen LogP contribution in [0.4, 0.5) is 5.69 Å². The van der Waals surface area contributed by atoms with Crippen molar-refractivity contribution in [2.75, 3.05) is 11.9 Å². The number of anilines is 1. The third-order valence-corrected chi connectivity index (χ3v) is 6.05. The van der Waals surface area contributed by atoms with E-state index in [1.807, 2.05) is 72.8 Å². The molecule has 0 aromatic heterocycles. The van der Waals surface area contributed by atoms with Crippen molar-refractivity contribution in [3.63, 3.8) is 0 Å². The fourth-order valence-corrected chi connectivity index (χ4v) is 4.36. The van der Waals surface area contributed by atoms with Gasteiger partial charge in [-0.1, -0.05) is 64.5 Å². The van der Waals surface area contributed by atoms with Gasteiger partial charge in [0.25, 0.3) is 5.91 Å². The molecule has 0 heterocycles. The summed E-state index contributed by atoms with van der Waals surface area (Å²) in [5, 5.41) is 10.2. The van der Waals surface area contributed by atoms with Gasteiger partial charge in [-0.25, -0.2) is 0 Å². The Kier molecular flexibility index (Phi) is 6.32. The van der Waals surface area contributed by atoms with Crippen LogP contribution >= 0.6 is 44.1 Å². The molecule has 0 saturated heterocycles. The smallest absolute Gasteiger partial charge is 0.264 e. The van der Waals surface area contributed by atoms with Crippen molar-refractivity contribution in [3.05, 3.63) is 81.7 Å². The molecule has 4 aromatic rings. The fourth-order valence-electron chi connectivity index (χ4n) is 3.15. The van der Waals surface area contributed by atoms with Crippen LogP contribution in [0.1, 0.15) is 0 Å². The number of thiocarbonyl (C=S) groups is 1. The number of halogens is 2. The molecule has 7 heteroatoms. The summed E-state index contributed by atoms with van der Waals surface area (Å²) >= 11 is 12.3. The number of hydrogen-bond donors (Lipinski definition) is 2. The first-order chi connectivity index (χ1) is 14.5. The van der Waals surface area contributed by atoms with E-state index >= 15 is 0 Å². The van der Waals surface area contributed by atoms with Gasteiger partial charge in [-0.15, -0.1) is 0 Å². The minimum absolute atomic E-state index is 0.155. The van der Waals surface area contributed by atoms with Crippen molar-refractivity contribution in [2.45, 2.75) is 0 Å². The van der Waals surface area contributed by atoms with Gasteiger partial charge >= 0.3 is 0 Å². The van der Waals surface area contributed by atoms with E-state index in [4.69, 9.17) is 17.0 Å². The zero-order valence-corrected chi connectivity index (χ0v) is 19.6. The lowest BCUT2D eigenvalue weighted by Gasteiger charge is -2.13. The first-order valence-corrected chi connectivity index (χ1v) is 11.1. The van der Waals surface area contributed by atoms with E-state index in [0.717, 1.165) is 36.2 Å². The molecule has 0 bridgehead atoms. The Morgan fingerprint density at radius 1 is 0.900 bits per heavy atom. The first kappa shape index (κ1) is 20.8. The molecule has 0 aliphatic carbocycles. The minimum Gasteiger partial charge on any atom is -0.483 e. The molecular weight excluding hydrogens is 528 g/mol. The van der Waals surface area contributed by atoms with Gasteiger partial charge in [0.05, 0.1) is 4.47 Å². The first-order valence-electron chi connectivity index (χ1n) is 9.10. The van der Waals surface area contributed by atoms with Crippen molar-refractivity contribution in [1.82, 2.24) is 5.32 Å². The highest BCUT2D eigenvalue weighted by Gasteiger charge is 2.11. The van der Waals surface area contributed by atoms with Gasteiger partial charge in [-0.05, 0) is 68.6 Å². The lowest BCUT2D eigenvalue weighted by Crippen LogP contribution is -2.37. The van der Waals surface area contributed by atoms with Gasteiger partial charge in [-0.2, -0.15) is 0 Å². The normalized spacial score (nSPS) is 10.7. The average Bonchev–Trinajstić information content (AvgIpc) is 2.73. The minimum atomic E-state index is -0.337. The van der Waals surface area contributed by atoms with Crippen LogP contribution in [-0.2, 0) is 4.79 Å². The van der Waals surface area contributed by atoms with E-state index in [-0.39, 0.29) is 17.6 Å². The van der Waals surface area contributed by atoms with E-state index in [1.165, 1.54) is 0 Å². The highest BCUT2D eigenvalue weighted by atomic mass is 79.9. The van der Waals surface area contributed by atoms with Crippen molar-refractivity contribution in [3.8, 4) is 5.75 Å². The molecule has 4 nitrogen and oxygen atoms in total. The zero-order chi connectivity index (χ0) is 21.1. The number of benzene rings is 4. The van der Waals surface area contributed by atoms with Crippen LogP contribution in [0, 0.1) is 0 Å². The van der Waals surface area contributed by atoms with E-state index in [2.05, 4.69) is 42.5 Å². The van der Waals surface area contributed by atoms with Crippen molar-refractivity contribution in [2.24, 2.45) is 0 Å². The monoisotopic (exact) mass is 542 g/mol. The van der Waals surface area contributed by atoms with Gasteiger partial charge in [0.15, 0.2) is 11.7 Å². The highest BCUT2D eigenvalue weighted by Crippen LogP contribution is 2.34. The Balaban J connectivity index is 1.39. The standard InChI is InChI=1S/C23H16Br2N2O2S/c24-16-9-10-18-15(12-16)8-11-20(22(18)25)29-13-21(28)27-23(30)26-19-7-3-5-14-4-1-2-6-17(14)19/h1-12H,13H2,(H2,26,27,28,30). The lowest BCUT2D eigenvalue weighted by atomic mass is 10.1. The Morgan fingerprint density at radius 2 is 1.70 bits per heavy atom. The number of ether oxygens (including phenoxy) is 1. The molecule has 0 aliphatic rings. The van der Waals surface area contributed by atoms with Crippen LogP contribution in [0.25, 0.3) is 21.5 Å². The van der Waals surface area contributed by atoms with Crippen molar-refractivity contribution in [1.29, 1.82) is 0 Å². The third kappa shape index (κ3) is 4.64. The Hall–Kier alpha value is -2.48. The lowest BCUT2D eigenvalue weighted by molar-refractivity contribution is -0.121. The van der Waals surface area contributed by atoms with Crippen LogP contribution < -0.4 is 15.4 Å². The molecule has 0 saturated carbocycles. The molecule has 0 spiro atoms. The van der Waals surface area contributed by atoms with E-state index in [1.54, 1.807) is 0 Å². The number of amides is 1. The number of carbonyl (C=O) groups excluding carboxylic acids is 1. The number of nitrogens with one attached hydrogen (secondary N) is 2. The SMILES string of the molecule is O=C(COc1ccc2cc(Br)ccc2c1Br)NC(=S)Nc1cccc2ccccc12. The maximum Gasteiger partial charge on any atom is 0.264 e. The van der Waals surface area contributed by atoms with E-state index in [0.29, 0.717) is 5.75 Å². The second kappa shape index (κ2) is 9.12. The molecule has 30 heavy (non-hydrogen) atoms. The van der Waals surface area contributed by atoms with Gasteiger partial charge in [0.2, 0.25) is 0 Å². The fraction of sp³-hybridized carbons (Fsp3) is 0.0435. The van der Waals surface area contributed by atoms with Gasteiger partial charge in [0.1, 0.15) is 5.75 Å². The Morgan fingerprint density at radius 3 is 2.57 bits per heavy atom. The molecular formula is C23H16Br2N2O2S. The third-order valence-electron chi connectivity index (χ3n) is 4.53. The largest absolute Gasteiger partial charge is 0.483 e.